The van der Waals surface area contributed by atoms with E-state index >= 15 is 0 Å². The summed E-state index contributed by atoms with van der Waals surface area (Å²) in [5.74, 6) is 1.04. The van der Waals surface area contributed by atoms with Crippen molar-refractivity contribution in [2.45, 2.75) is 74.7 Å². The van der Waals surface area contributed by atoms with Gasteiger partial charge in [-0.15, -0.1) is 0 Å². The second kappa shape index (κ2) is 9.49. The first kappa shape index (κ1) is 24.6. The van der Waals surface area contributed by atoms with Crippen molar-refractivity contribution in [3.63, 3.8) is 0 Å². The molecular weight excluding hydrogens is 260 g/mol. The molecule has 2 nitrogen and oxygen atoms in total. The van der Waals surface area contributed by atoms with Crippen LogP contribution >= 0.6 is 0 Å². The van der Waals surface area contributed by atoms with Crippen molar-refractivity contribution in [3.8, 4) is 0 Å². The Morgan fingerprint density at radius 3 is 1.52 bits per heavy atom. The minimum Gasteiger partial charge on any atom is -0.472 e. The van der Waals surface area contributed by atoms with Gasteiger partial charge in [-0.25, -0.2) is 0 Å². The van der Waals surface area contributed by atoms with Gasteiger partial charge in [0.15, 0.2) is 0 Å². The van der Waals surface area contributed by atoms with E-state index in [9.17, 15) is 0 Å². The Balaban J connectivity index is -0.000000270. The summed E-state index contributed by atoms with van der Waals surface area (Å²) >= 11 is 0. The summed E-state index contributed by atoms with van der Waals surface area (Å²) in [6.45, 7) is 12.9. The van der Waals surface area contributed by atoms with E-state index in [0.717, 1.165) is 5.76 Å². The lowest BCUT2D eigenvalue weighted by Crippen LogP contribution is -2.08. The summed E-state index contributed by atoms with van der Waals surface area (Å²) in [6, 6.07) is 5.92. The molecule has 0 unspecified atom stereocenters. The molecule has 124 valence electrons. The SMILES string of the molecule is C.C.C.CC(C)(C)c1ccco1.CC(C)(C)c1ccoc1. The number of hydrogen-bond donors (Lipinski definition) is 0. The van der Waals surface area contributed by atoms with Crippen LogP contribution in [0, 0.1) is 0 Å². The summed E-state index contributed by atoms with van der Waals surface area (Å²) in [6.07, 6.45) is 5.21. The lowest BCUT2D eigenvalue weighted by atomic mass is 9.89. The Morgan fingerprint density at radius 1 is 0.762 bits per heavy atom. The third-order valence-electron chi connectivity index (χ3n) is 2.65. The number of rotatable bonds is 0. The molecule has 2 rings (SSSR count). The van der Waals surface area contributed by atoms with Gasteiger partial charge in [-0.3, -0.25) is 0 Å². The molecule has 2 aromatic heterocycles. The summed E-state index contributed by atoms with van der Waals surface area (Å²) in [5.41, 5.74) is 1.64. The van der Waals surface area contributed by atoms with Crippen LogP contribution in [0.4, 0.5) is 0 Å². The largest absolute Gasteiger partial charge is 0.472 e. The van der Waals surface area contributed by atoms with Gasteiger partial charge in [-0.2, -0.15) is 0 Å². The van der Waals surface area contributed by atoms with E-state index in [1.54, 1.807) is 18.8 Å². The van der Waals surface area contributed by atoms with E-state index in [1.807, 2.05) is 18.2 Å². The molecule has 0 aliphatic carbocycles. The fourth-order valence-corrected chi connectivity index (χ4v) is 1.40. The standard InChI is InChI=1S/2C8H12O.3CH4/c1-8(2,3)7-4-5-9-6-7;1-8(2,3)7-5-4-6-9-7;;;/h2*4-6H,1-3H3;3*1H4. The van der Waals surface area contributed by atoms with Gasteiger partial charge in [-0.05, 0) is 29.2 Å². The second-order valence-electron chi connectivity index (χ2n) is 6.49. The molecule has 0 aliphatic heterocycles. The van der Waals surface area contributed by atoms with Crippen LogP contribution in [0.1, 0.15) is 75.1 Å². The zero-order valence-corrected chi connectivity index (χ0v) is 12.3. The highest BCUT2D eigenvalue weighted by Gasteiger charge is 2.15. The first-order valence-corrected chi connectivity index (χ1v) is 6.28. The molecule has 0 aromatic carbocycles. The molecule has 0 saturated heterocycles. The van der Waals surface area contributed by atoms with Gasteiger partial charge >= 0.3 is 0 Å². The minimum absolute atomic E-state index is 0. The van der Waals surface area contributed by atoms with Gasteiger partial charge in [0, 0.05) is 5.41 Å². The van der Waals surface area contributed by atoms with Crippen LogP contribution in [0.5, 0.6) is 0 Å². The smallest absolute Gasteiger partial charge is 0.109 e. The highest BCUT2D eigenvalue weighted by atomic mass is 16.3. The number of furan rings is 2. The predicted molar refractivity (Wildman–Crippen MR) is 95.0 cm³/mol. The molecule has 0 atom stereocenters. The van der Waals surface area contributed by atoms with E-state index in [0.29, 0.717) is 0 Å². The Hall–Kier alpha value is -1.44. The summed E-state index contributed by atoms with van der Waals surface area (Å²) < 4.78 is 10.1. The van der Waals surface area contributed by atoms with Gasteiger partial charge in [0.1, 0.15) is 5.76 Å². The summed E-state index contributed by atoms with van der Waals surface area (Å²) in [4.78, 5) is 0. The molecule has 0 saturated carbocycles. The van der Waals surface area contributed by atoms with E-state index in [4.69, 9.17) is 8.83 Å². The van der Waals surface area contributed by atoms with Gasteiger partial charge in [-0.1, -0.05) is 63.8 Å². The monoisotopic (exact) mass is 296 g/mol. The van der Waals surface area contributed by atoms with Crippen LogP contribution in [0.3, 0.4) is 0 Å². The average molecular weight is 296 g/mol. The highest BCUT2D eigenvalue weighted by Crippen LogP contribution is 2.22. The lowest BCUT2D eigenvalue weighted by Gasteiger charge is -2.14. The normalized spacial score (nSPS) is 10.2. The molecule has 21 heavy (non-hydrogen) atoms. The quantitative estimate of drug-likeness (QED) is 0.520. The predicted octanol–water partition coefficient (Wildman–Crippen LogP) is 7.06. The van der Waals surface area contributed by atoms with Crippen molar-refractivity contribution in [2.75, 3.05) is 0 Å². The zero-order chi connectivity index (χ0) is 13.8. The van der Waals surface area contributed by atoms with E-state index < -0.39 is 0 Å². The van der Waals surface area contributed by atoms with E-state index in [2.05, 4.69) is 41.5 Å². The third-order valence-corrected chi connectivity index (χ3v) is 2.65. The maximum atomic E-state index is 5.20. The molecule has 2 aromatic rings. The molecule has 0 amide bonds. The van der Waals surface area contributed by atoms with Crippen molar-refractivity contribution in [1.29, 1.82) is 0 Å². The first-order chi connectivity index (χ1) is 8.21. The lowest BCUT2D eigenvalue weighted by molar-refractivity contribution is 0.409. The van der Waals surface area contributed by atoms with Crippen LogP contribution in [0.2, 0.25) is 0 Å². The molecule has 2 heteroatoms. The fourth-order valence-electron chi connectivity index (χ4n) is 1.40. The summed E-state index contributed by atoms with van der Waals surface area (Å²) in [5, 5.41) is 0. The van der Waals surface area contributed by atoms with Gasteiger partial charge in [0.05, 0.1) is 18.8 Å². The highest BCUT2D eigenvalue weighted by molar-refractivity contribution is 5.15. The van der Waals surface area contributed by atoms with Gasteiger partial charge in [0.2, 0.25) is 0 Å². The second-order valence-corrected chi connectivity index (χ2v) is 6.49. The van der Waals surface area contributed by atoms with Crippen molar-refractivity contribution in [1.82, 2.24) is 0 Å². The van der Waals surface area contributed by atoms with E-state index in [-0.39, 0.29) is 33.1 Å². The summed E-state index contributed by atoms with van der Waals surface area (Å²) in [7, 11) is 0. The van der Waals surface area contributed by atoms with Crippen molar-refractivity contribution < 1.29 is 8.83 Å². The van der Waals surface area contributed by atoms with Crippen LogP contribution in [0.15, 0.2) is 45.8 Å². The fraction of sp³-hybridized carbons (Fsp3) is 0.579. The maximum absolute atomic E-state index is 5.20. The van der Waals surface area contributed by atoms with Gasteiger partial charge < -0.3 is 8.83 Å². The molecule has 0 spiro atoms. The van der Waals surface area contributed by atoms with E-state index in [1.165, 1.54) is 5.56 Å². The van der Waals surface area contributed by atoms with Crippen LogP contribution in [-0.2, 0) is 10.8 Å². The molecule has 2 heterocycles. The third kappa shape index (κ3) is 8.44. The molecule has 0 fully saturated rings. The minimum atomic E-state index is 0. The van der Waals surface area contributed by atoms with Crippen molar-refractivity contribution in [2.24, 2.45) is 0 Å². The number of hydrogen-bond acceptors (Lipinski definition) is 2. The molecule has 0 bridgehead atoms. The Bertz CT molecular complexity index is 379. The topological polar surface area (TPSA) is 26.3 Å². The van der Waals surface area contributed by atoms with Crippen molar-refractivity contribution in [3.05, 3.63) is 48.3 Å². The first-order valence-electron chi connectivity index (χ1n) is 6.28. The molecule has 0 N–H and O–H groups in total. The Labute approximate surface area is 132 Å². The van der Waals surface area contributed by atoms with Crippen LogP contribution in [0.25, 0.3) is 0 Å². The van der Waals surface area contributed by atoms with Gasteiger partial charge in [0.25, 0.3) is 0 Å². The maximum Gasteiger partial charge on any atom is 0.109 e. The Kier molecular flexibility index (Phi) is 11.1. The molecular formula is C19H36O2. The molecule has 0 radical (unpaired) electrons. The zero-order valence-electron chi connectivity index (χ0n) is 12.3. The molecule has 0 aliphatic rings. The van der Waals surface area contributed by atoms with Crippen LogP contribution < -0.4 is 0 Å². The van der Waals surface area contributed by atoms with Crippen molar-refractivity contribution >= 4 is 0 Å². The Morgan fingerprint density at radius 2 is 1.33 bits per heavy atom. The van der Waals surface area contributed by atoms with Crippen LogP contribution in [-0.4, -0.2) is 0 Å². The average Bonchev–Trinajstić information content (AvgIpc) is 2.91.